The molecule has 9 heteroatoms. The van der Waals surface area contributed by atoms with Gasteiger partial charge in [-0.05, 0) is 85.9 Å². The van der Waals surface area contributed by atoms with Gasteiger partial charge in [-0.3, -0.25) is 4.98 Å². The van der Waals surface area contributed by atoms with E-state index in [0.717, 1.165) is 55.0 Å². The third kappa shape index (κ3) is 5.26. The van der Waals surface area contributed by atoms with Crippen molar-refractivity contribution in [3.05, 3.63) is 65.9 Å². The van der Waals surface area contributed by atoms with Gasteiger partial charge in [0.1, 0.15) is 5.75 Å². The second-order valence-corrected chi connectivity index (χ2v) is 9.51. The van der Waals surface area contributed by atoms with Crippen molar-refractivity contribution in [1.29, 1.82) is 0 Å². The molecule has 1 aliphatic carbocycles. The zero-order chi connectivity index (χ0) is 26.0. The van der Waals surface area contributed by atoms with E-state index in [9.17, 15) is 13.2 Å². The van der Waals surface area contributed by atoms with Gasteiger partial charge in [-0.15, -0.1) is 5.10 Å². The van der Waals surface area contributed by atoms with Crippen molar-refractivity contribution in [3.63, 3.8) is 0 Å². The van der Waals surface area contributed by atoms with Gasteiger partial charge in [-0.25, -0.2) is 0 Å². The van der Waals surface area contributed by atoms with E-state index in [1.807, 2.05) is 30.3 Å². The number of alkyl halides is 3. The molecule has 0 spiro atoms. The van der Waals surface area contributed by atoms with Gasteiger partial charge in [0.2, 0.25) is 5.89 Å². The van der Waals surface area contributed by atoms with Crippen LogP contribution in [0.15, 0.2) is 59.1 Å². The monoisotopic (exact) mass is 510 g/mol. The van der Waals surface area contributed by atoms with Gasteiger partial charge < -0.3 is 14.5 Å². The molecule has 4 aromatic rings. The highest BCUT2D eigenvalue weighted by Crippen LogP contribution is 2.42. The predicted molar refractivity (Wildman–Crippen MR) is 135 cm³/mol. The fraction of sp³-hybridized carbons (Fsp3) is 0.393. The third-order valence-corrected chi connectivity index (χ3v) is 7.40. The summed E-state index contributed by atoms with van der Waals surface area (Å²) in [5.41, 5.74) is 1.13. The number of nitrogens with one attached hydrogen (secondary N) is 1. The summed E-state index contributed by atoms with van der Waals surface area (Å²) in [5.74, 6) is 1.79. The highest BCUT2D eigenvalue weighted by Gasteiger charge is 2.34. The molecule has 2 aromatic heterocycles. The van der Waals surface area contributed by atoms with Crippen LogP contribution in [-0.4, -0.2) is 28.3 Å². The van der Waals surface area contributed by atoms with Crippen LogP contribution in [0.2, 0.25) is 0 Å². The topological polar surface area (TPSA) is 73.1 Å². The molecule has 194 valence electrons. The van der Waals surface area contributed by atoms with Crippen LogP contribution < -0.4 is 10.1 Å². The number of ether oxygens (including phenoxy) is 1. The molecular formula is C28H29F3N4O2. The Morgan fingerprint density at radius 3 is 2.46 bits per heavy atom. The Bertz CT molecular complexity index is 1350. The Morgan fingerprint density at radius 1 is 1.03 bits per heavy atom. The number of anilines is 1. The summed E-state index contributed by atoms with van der Waals surface area (Å²) in [5, 5.41) is 12.4. The van der Waals surface area contributed by atoms with E-state index < -0.39 is 11.7 Å². The number of hydrogen-bond donors (Lipinski definition) is 1. The molecule has 0 saturated heterocycles. The lowest BCUT2D eigenvalue weighted by Gasteiger charge is -2.34. The minimum Gasteiger partial charge on any atom is -0.497 e. The Kier molecular flexibility index (Phi) is 7.04. The lowest BCUT2D eigenvalue weighted by molar-refractivity contribution is -0.136. The maximum atomic E-state index is 13.5. The van der Waals surface area contributed by atoms with Crippen LogP contribution in [0.3, 0.4) is 0 Å². The molecule has 37 heavy (non-hydrogen) atoms. The number of para-hydroxylation sites is 1. The van der Waals surface area contributed by atoms with Gasteiger partial charge >= 0.3 is 12.2 Å². The van der Waals surface area contributed by atoms with Gasteiger partial charge in [0, 0.05) is 23.2 Å². The minimum atomic E-state index is -4.43. The molecule has 2 aromatic carbocycles. The molecule has 0 bridgehead atoms. The molecule has 5 rings (SSSR count). The van der Waals surface area contributed by atoms with E-state index in [-0.39, 0.29) is 17.5 Å². The fourth-order valence-electron chi connectivity index (χ4n) is 5.46. The lowest BCUT2D eigenvalue weighted by atomic mass is 9.75. The number of fused-ring (bicyclic) bond motifs is 1. The molecule has 1 aliphatic rings. The number of halogens is 3. The number of pyridine rings is 1. The molecule has 2 heterocycles. The summed E-state index contributed by atoms with van der Waals surface area (Å²) < 4.78 is 51.6. The largest absolute Gasteiger partial charge is 0.497 e. The number of benzene rings is 2. The molecule has 1 saturated carbocycles. The van der Waals surface area contributed by atoms with Crippen LogP contribution in [0.4, 0.5) is 19.2 Å². The number of rotatable bonds is 7. The van der Waals surface area contributed by atoms with Crippen LogP contribution >= 0.6 is 0 Å². The quantitative estimate of drug-likeness (QED) is 0.278. The Morgan fingerprint density at radius 2 is 1.78 bits per heavy atom. The first-order chi connectivity index (χ1) is 17.9. The summed E-state index contributed by atoms with van der Waals surface area (Å²) in [6, 6.07) is 14.2. The number of nitrogens with zero attached hydrogens (tertiary/aromatic N) is 3. The summed E-state index contributed by atoms with van der Waals surface area (Å²) in [6.45, 7) is 2.12. The second-order valence-electron chi connectivity index (χ2n) is 9.51. The average molecular weight is 511 g/mol. The van der Waals surface area contributed by atoms with Crippen LogP contribution in [0.25, 0.3) is 22.4 Å². The smallest absolute Gasteiger partial charge is 0.418 e. The molecule has 0 radical (unpaired) electrons. The van der Waals surface area contributed by atoms with E-state index in [1.54, 1.807) is 13.2 Å². The molecule has 6 nitrogen and oxygen atoms in total. The summed E-state index contributed by atoms with van der Waals surface area (Å²) in [7, 11) is 1.62. The molecule has 1 N–H and O–H groups in total. The van der Waals surface area contributed by atoms with E-state index in [0.29, 0.717) is 23.2 Å². The van der Waals surface area contributed by atoms with Crippen molar-refractivity contribution in [2.45, 2.75) is 57.2 Å². The van der Waals surface area contributed by atoms with Crippen LogP contribution in [0, 0.1) is 5.92 Å². The van der Waals surface area contributed by atoms with Crippen molar-refractivity contribution >= 4 is 16.9 Å². The first-order valence-corrected chi connectivity index (χ1v) is 12.6. The van der Waals surface area contributed by atoms with E-state index in [4.69, 9.17) is 9.15 Å². The highest BCUT2D eigenvalue weighted by molar-refractivity contribution is 5.85. The van der Waals surface area contributed by atoms with E-state index >= 15 is 0 Å². The van der Waals surface area contributed by atoms with E-state index in [1.165, 1.54) is 12.3 Å². The summed E-state index contributed by atoms with van der Waals surface area (Å²) in [4.78, 5) is 4.08. The SMILES string of the molecule is CCC(Nc1nnc(-c2ccc(OC)cc2)o1)C1CCC(c2ccnc3c(C(F)(F)F)cccc23)CC1. The zero-order valence-electron chi connectivity index (χ0n) is 20.8. The van der Waals surface area contributed by atoms with Crippen molar-refractivity contribution in [2.75, 3.05) is 12.4 Å². The molecule has 1 unspecified atom stereocenters. The summed E-state index contributed by atoms with van der Waals surface area (Å²) in [6.07, 6.45) is 1.69. The van der Waals surface area contributed by atoms with Gasteiger partial charge in [0.25, 0.3) is 0 Å². The number of aromatic nitrogens is 3. The van der Waals surface area contributed by atoms with Crippen LogP contribution in [-0.2, 0) is 6.18 Å². The van der Waals surface area contributed by atoms with Crippen molar-refractivity contribution in [2.24, 2.45) is 5.92 Å². The Hall–Kier alpha value is -3.62. The van der Waals surface area contributed by atoms with Crippen molar-refractivity contribution in [3.8, 4) is 17.2 Å². The first-order valence-electron chi connectivity index (χ1n) is 12.6. The second kappa shape index (κ2) is 10.4. The van der Waals surface area contributed by atoms with Gasteiger partial charge in [0.15, 0.2) is 0 Å². The van der Waals surface area contributed by atoms with Gasteiger partial charge in [-0.2, -0.15) is 13.2 Å². The Labute approximate surface area is 213 Å². The van der Waals surface area contributed by atoms with Crippen molar-refractivity contribution < 1.29 is 22.3 Å². The van der Waals surface area contributed by atoms with Crippen LogP contribution in [0.5, 0.6) is 5.75 Å². The lowest BCUT2D eigenvalue weighted by Crippen LogP contribution is -2.31. The maximum Gasteiger partial charge on any atom is 0.418 e. The normalized spacial score (nSPS) is 19.1. The van der Waals surface area contributed by atoms with E-state index in [2.05, 4.69) is 27.4 Å². The number of methoxy groups -OCH3 is 1. The maximum absolute atomic E-state index is 13.5. The fourth-order valence-corrected chi connectivity index (χ4v) is 5.46. The van der Waals surface area contributed by atoms with Gasteiger partial charge in [-0.1, -0.05) is 24.2 Å². The predicted octanol–water partition coefficient (Wildman–Crippen LogP) is 7.48. The van der Waals surface area contributed by atoms with Crippen molar-refractivity contribution in [1.82, 2.24) is 15.2 Å². The number of hydrogen-bond acceptors (Lipinski definition) is 6. The van der Waals surface area contributed by atoms with Crippen LogP contribution in [0.1, 0.15) is 56.1 Å². The van der Waals surface area contributed by atoms with Gasteiger partial charge in [0.05, 0.1) is 18.2 Å². The highest BCUT2D eigenvalue weighted by atomic mass is 19.4. The molecule has 1 fully saturated rings. The molecule has 0 amide bonds. The standard InChI is InChI=1S/C28H29F3N4O2/c1-3-24(33-27-35-34-26(37-27)19-11-13-20(36-2)14-12-19)18-9-7-17(8-10-18)21-15-16-32-25-22(21)5-4-6-23(25)28(29,30)31/h4-6,11-18,24H,3,7-10H2,1-2H3,(H,33,35). The average Bonchev–Trinajstić information content (AvgIpc) is 3.39. The minimum absolute atomic E-state index is 0.0341. The third-order valence-electron chi connectivity index (χ3n) is 7.40. The first kappa shape index (κ1) is 25.0. The molecule has 1 atom stereocenters. The molecular weight excluding hydrogens is 481 g/mol. The Balaban J connectivity index is 1.26. The summed E-state index contributed by atoms with van der Waals surface area (Å²) >= 11 is 0. The molecule has 0 aliphatic heterocycles. The zero-order valence-corrected chi connectivity index (χ0v) is 20.8.